The summed E-state index contributed by atoms with van der Waals surface area (Å²) in [6.07, 6.45) is 0.938. The van der Waals surface area contributed by atoms with Crippen LogP contribution in [0.2, 0.25) is 0 Å². The number of rotatable bonds is 6. The van der Waals surface area contributed by atoms with Gasteiger partial charge in [0.15, 0.2) is 0 Å². The van der Waals surface area contributed by atoms with Gasteiger partial charge in [0.2, 0.25) is 6.41 Å². The lowest BCUT2D eigenvalue weighted by Crippen LogP contribution is -2.47. The van der Waals surface area contributed by atoms with Gasteiger partial charge in [-0.25, -0.2) is 0 Å². The van der Waals surface area contributed by atoms with E-state index in [9.17, 15) is 4.79 Å². The van der Waals surface area contributed by atoms with Crippen LogP contribution in [0.15, 0.2) is 48.5 Å². The number of methoxy groups -OCH3 is 2. The largest absolute Gasteiger partial charge is 0.497 e. The van der Waals surface area contributed by atoms with E-state index < -0.39 is 0 Å². The fraction of sp³-hybridized carbons (Fsp3) is 0.350. The zero-order valence-corrected chi connectivity index (χ0v) is 14.7. The molecule has 1 amide bonds. The van der Waals surface area contributed by atoms with Gasteiger partial charge in [-0.1, -0.05) is 24.3 Å². The Hall–Kier alpha value is -2.53. The molecule has 1 fully saturated rings. The van der Waals surface area contributed by atoms with E-state index in [0.29, 0.717) is 0 Å². The summed E-state index contributed by atoms with van der Waals surface area (Å²) < 4.78 is 10.6. The number of hydrogen-bond donors (Lipinski definition) is 0. The number of carbonyl (C=O) groups excluding carboxylic acids is 1. The maximum absolute atomic E-state index is 11.0. The highest BCUT2D eigenvalue weighted by Gasteiger charge is 2.26. The molecule has 2 aromatic carbocycles. The molecule has 0 aliphatic carbocycles. The quantitative estimate of drug-likeness (QED) is 0.758. The van der Waals surface area contributed by atoms with Crippen LogP contribution in [0.3, 0.4) is 0 Å². The van der Waals surface area contributed by atoms with Crippen molar-refractivity contribution in [2.75, 3.05) is 40.4 Å². The van der Waals surface area contributed by atoms with Gasteiger partial charge in [-0.15, -0.1) is 0 Å². The van der Waals surface area contributed by atoms with Crippen LogP contribution in [0.4, 0.5) is 0 Å². The van der Waals surface area contributed by atoms with E-state index in [0.717, 1.165) is 44.1 Å². The van der Waals surface area contributed by atoms with E-state index in [1.807, 2.05) is 29.2 Å². The average molecular weight is 340 g/mol. The molecule has 0 N–H and O–H groups in total. The second-order valence-corrected chi connectivity index (χ2v) is 6.13. The normalized spacial score (nSPS) is 15.2. The molecule has 0 saturated carbocycles. The maximum atomic E-state index is 11.0. The average Bonchev–Trinajstić information content (AvgIpc) is 2.70. The third-order valence-corrected chi connectivity index (χ3v) is 4.73. The van der Waals surface area contributed by atoms with Crippen molar-refractivity contribution in [3.8, 4) is 11.5 Å². The minimum atomic E-state index is 0.144. The van der Waals surface area contributed by atoms with Crippen molar-refractivity contribution in [1.29, 1.82) is 0 Å². The monoisotopic (exact) mass is 340 g/mol. The molecular formula is C20H24N2O3. The van der Waals surface area contributed by atoms with Gasteiger partial charge in [-0.3, -0.25) is 9.69 Å². The number of benzene rings is 2. The van der Waals surface area contributed by atoms with E-state index in [2.05, 4.69) is 29.2 Å². The van der Waals surface area contributed by atoms with Crippen molar-refractivity contribution >= 4 is 6.41 Å². The Kier molecular flexibility index (Phi) is 5.56. The van der Waals surface area contributed by atoms with Gasteiger partial charge in [-0.2, -0.15) is 0 Å². The minimum Gasteiger partial charge on any atom is -0.497 e. The maximum Gasteiger partial charge on any atom is 0.209 e. The molecule has 0 spiro atoms. The second kappa shape index (κ2) is 8.03. The highest BCUT2D eigenvalue weighted by molar-refractivity contribution is 5.47. The SMILES string of the molecule is COc1ccc(C(c2ccc(OC)cc2)N2CCN(C=O)CC2)cc1. The summed E-state index contributed by atoms with van der Waals surface area (Å²) in [5.41, 5.74) is 2.43. The summed E-state index contributed by atoms with van der Waals surface area (Å²) in [6.45, 7) is 3.21. The predicted octanol–water partition coefficient (Wildman–Crippen LogP) is 2.57. The van der Waals surface area contributed by atoms with Crippen molar-refractivity contribution in [3.63, 3.8) is 0 Å². The first kappa shape index (κ1) is 17.3. The Labute approximate surface area is 148 Å². The van der Waals surface area contributed by atoms with Crippen LogP contribution in [-0.2, 0) is 4.79 Å². The van der Waals surface area contributed by atoms with E-state index in [1.54, 1.807) is 14.2 Å². The van der Waals surface area contributed by atoms with Crippen molar-refractivity contribution < 1.29 is 14.3 Å². The molecule has 0 radical (unpaired) electrons. The van der Waals surface area contributed by atoms with Gasteiger partial charge in [0.05, 0.1) is 20.3 Å². The van der Waals surface area contributed by atoms with Gasteiger partial charge >= 0.3 is 0 Å². The molecule has 132 valence electrons. The first-order chi connectivity index (χ1) is 12.2. The van der Waals surface area contributed by atoms with Crippen molar-refractivity contribution in [3.05, 3.63) is 59.7 Å². The zero-order chi connectivity index (χ0) is 17.6. The van der Waals surface area contributed by atoms with Gasteiger partial charge in [-0.05, 0) is 35.4 Å². The third-order valence-electron chi connectivity index (χ3n) is 4.73. The van der Waals surface area contributed by atoms with Gasteiger partial charge in [0, 0.05) is 26.2 Å². The number of hydrogen-bond acceptors (Lipinski definition) is 4. The second-order valence-electron chi connectivity index (χ2n) is 6.13. The molecule has 1 aliphatic rings. The lowest BCUT2D eigenvalue weighted by Gasteiger charge is -2.38. The number of nitrogens with zero attached hydrogens (tertiary/aromatic N) is 2. The number of amides is 1. The Morgan fingerprint density at radius 2 is 1.24 bits per heavy atom. The van der Waals surface area contributed by atoms with Crippen LogP contribution >= 0.6 is 0 Å². The molecule has 1 heterocycles. The third kappa shape index (κ3) is 3.94. The number of ether oxygens (including phenoxy) is 2. The Morgan fingerprint density at radius 1 is 0.800 bits per heavy atom. The molecule has 2 aromatic rings. The zero-order valence-electron chi connectivity index (χ0n) is 14.7. The fourth-order valence-corrected chi connectivity index (χ4v) is 3.29. The first-order valence-corrected chi connectivity index (χ1v) is 8.46. The summed E-state index contributed by atoms with van der Waals surface area (Å²) in [6, 6.07) is 16.6. The number of carbonyl (C=O) groups is 1. The van der Waals surface area contributed by atoms with Crippen LogP contribution < -0.4 is 9.47 Å². The van der Waals surface area contributed by atoms with E-state index in [1.165, 1.54) is 11.1 Å². The van der Waals surface area contributed by atoms with Crippen LogP contribution in [-0.4, -0.2) is 56.6 Å². The fourth-order valence-electron chi connectivity index (χ4n) is 3.29. The van der Waals surface area contributed by atoms with Crippen molar-refractivity contribution in [2.45, 2.75) is 6.04 Å². The van der Waals surface area contributed by atoms with Gasteiger partial charge < -0.3 is 14.4 Å². The molecular weight excluding hydrogens is 316 g/mol. The van der Waals surface area contributed by atoms with E-state index in [4.69, 9.17) is 9.47 Å². The summed E-state index contributed by atoms with van der Waals surface area (Å²) in [4.78, 5) is 15.2. The Bertz CT molecular complexity index is 630. The van der Waals surface area contributed by atoms with Crippen molar-refractivity contribution in [1.82, 2.24) is 9.80 Å². The van der Waals surface area contributed by atoms with Crippen LogP contribution in [0.25, 0.3) is 0 Å². The molecule has 3 rings (SSSR count). The Balaban J connectivity index is 1.90. The molecule has 0 atom stereocenters. The molecule has 1 aliphatic heterocycles. The molecule has 1 saturated heterocycles. The van der Waals surface area contributed by atoms with Crippen LogP contribution in [0.5, 0.6) is 11.5 Å². The summed E-state index contributed by atoms with van der Waals surface area (Å²) in [7, 11) is 3.35. The summed E-state index contributed by atoms with van der Waals surface area (Å²) in [5, 5.41) is 0. The van der Waals surface area contributed by atoms with E-state index in [-0.39, 0.29) is 6.04 Å². The predicted molar refractivity (Wildman–Crippen MR) is 97.0 cm³/mol. The summed E-state index contributed by atoms with van der Waals surface area (Å²) >= 11 is 0. The lowest BCUT2D eigenvalue weighted by atomic mass is 9.96. The minimum absolute atomic E-state index is 0.144. The van der Waals surface area contributed by atoms with Crippen molar-refractivity contribution in [2.24, 2.45) is 0 Å². The molecule has 0 unspecified atom stereocenters. The van der Waals surface area contributed by atoms with Gasteiger partial charge in [0.25, 0.3) is 0 Å². The smallest absolute Gasteiger partial charge is 0.209 e. The lowest BCUT2D eigenvalue weighted by molar-refractivity contribution is -0.119. The van der Waals surface area contributed by atoms with Crippen LogP contribution in [0.1, 0.15) is 17.2 Å². The van der Waals surface area contributed by atoms with Gasteiger partial charge in [0.1, 0.15) is 11.5 Å². The number of piperazine rings is 1. The molecule has 25 heavy (non-hydrogen) atoms. The topological polar surface area (TPSA) is 42.0 Å². The highest BCUT2D eigenvalue weighted by atomic mass is 16.5. The molecule has 0 aromatic heterocycles. The van der Waals surface area contributed by atoms with E-state index >= 15 is 0 Å². The summed E-state index contributed by atoms with van der Waals surface area (Å²) in [5.74, 6) is 1.70. The molecule has 5 nitrogen and oxygen atoms in total. The van der Waals surface area contributed by atoms with Crippen LogP contribution in [0, 0.1) is 0 Å². The highest BCUT2D eigenvalue weighted by Crippen LogP contribution is 2.31. The molecule has 0 bridgehead atoms. The molecule has 5 heteroatoms. The standard InChI is InChI=1S/C20H24N2O3/c1-24-18-7-3-16(4-8-18)20(17-5-9-19(25-2)10-6-17)22-13-11-21(15-23)12-14-22/h3-10,15,20H,11-14H2,1-2H3. The first-order valence-electron chi connectivity index (χ1n) is 8.46. The Morgan fingerprint density at radius 3 is 1.60 bits per heavy atom.